The standard InChI is InChI=1S/C25H21N5O4/c31-23(14-11-17-9-12-19(13-10-17)32-15-18-5-2-1-3-6-18)26-20-7-4-8-21-24(20)34-22(16-33-21)25-27-29-30-28-25/h1-14,22H,15-16H2,(H,26,31)(H,27,28,29,30). The molecule has 9 nitrogen and oxygen atoms in total. The van der Waals surface area contributed by atoms with Gasteiger partial charge in [-0.25, -0.2) is 0 Å². The van der Waals surface area contributed by atoms with Crippen molar-refractivity contribution in [2.24, 2.45) is 0 Å². The minimum Gasteiger partial charge on any atom is -0.489 e. The number of ether oxygens (including phenoxy) is 3. The summed E-state index contributed by atoms with van der Waals surface area (Å²) in [6, 6.07) is 22.8. The molecule has 34 heavy (non-hydrogen) atoms. The first-order valence-electron chi connectivity index (χ1n) is 10.7. The number of carbonyl (C=O) groups is 1. The molecule has 170 valence electrons. The lowest BCUT2D eigenvalue weighted by Crippen LogP contribution is -2.24. The summed E-state index contributed by atoms with van der Waals surface area (Å²) in [6.07, 6.45) is 2.66. The fraction of sp³-hybridized carbons (Fsp3) is 0.120. The lowest BCUT2D eigenvalue weighted by molar-refractivity contribution is -0.111. The molecule has 1 unspecified atom stereocenters. The van der Waals surface area contributed by atoms with Gasteiger partial charge in [0, 0.05) is 6.08 Å². The van der Waals surface area contributed by atoms with E-state index in [9.17, 15) is 4.79 Å². The van der Waals surface area contributed by atoms with Crippen LogP contribution in [0, 0.1) is 0 Å². The predicted molar refractivity (Wildman–Crippen MR) is 124 cm³/mol. The fourth-order valence-electron chi connectivity index (χ4n) is 3.39. The zero-order valence-electron chi connectivity index (χ0n) is 18.0. The highest BCUT2D eigenvalue weighted by molar-refractivity contribution is 6.03. The molecule has 5 rings (SSSR count). The van der Waals surface area contributed by atoms with Gasteiger partial charge in [0.15, 0.2) is 17.6 Å². The average Bonchev–Trinajstić information content (AvgIpc) is 3.43. The number of carbonyl (C=O) groups excluding carboxylic acids is 1. The third-order valence-corrected chi connectivity index (χ3v) is 5.09. The van der Waals surface area contributed by atoms with Gasteiger partial charge in [-0.2, -0.15) is 5.21 Å². The molecule has 1 aromatic heterocycles. The molecule has 0 fully saturated rings. The summed E-state index contributed by atoms with van der Waals surface area (Å²) in [5.41, 5.74) is 2.46. The molecule has 1 aliphatic heterocycles. The van der Waals surface area contributed by atoms with Gasteiger partial charge in [-0.1, -0.05) is 53.7 Å². The Morgan fingerprint density at radius 3 is 2.74 bits per heavy atom. The van der Waals surface area contributed by atoms with Crippen LogP contribution in [0.4, 0.5) is 5.69 Å². The van der Waals surface area contributed by atoms with Crippen LogP contribution in [-0.2, 0) is 11.4 Å². The Kier molecular flexibility index (Phi) is 6.15. The molecule has 0 aliphatic carbocycles. The van der Waals surface area contributed by atoms with E-state index in [0.717, 1.165) is 16.9 Å². The van der Waals surface area contributed by atoms with E-state index in [-0.39, 0.29) is 12.5 Å². The van der Waals surface area contributed by atoms with Crippen molar-refractivity contribution in [2.45, 2.75) is 12.7 Å². The molecule has 1 amide bonds. The maximum atomic E-state index is 12.5. The Labute approximate surface area is 195 Å². The van der Waals surface area contributed by atoms with Crippen LogP contribution in [-0.4, -0.2) is 33.1 Å². The molecule has 2 N–H and O–H groups in total. The van der Waals surface area contributed by atoms with Crippen molar-refractivity contribution in [3.05, 3.63) is 95.8 Å². The number of nitrogens with zero attached hydrogens (tertiary/aromatic N) is 3. The van der Waals surface area contributed by atoms with Gasteiger partial charge in [0.25, 0.3) is 0 Å². The van der Waals surface area contributed by atoms with E-state index in [0.29, 0.717) is 29.6 Å². The Morgan fingerprint density at radius 2 is 1.94 bits per heavy atom. The number of fused-ring (bicyclic) bond motifs is 1. The van der Waals surface area contributed by atoms with E-state index < -0.39 is 6.10 Å². The van der Waals surface area contributed by atoms with E-state index in [2.05, 4.69) is 25.9 Å². The highest BCUT2D eigenvalue weighted by atomic mass is 16.6. The summed E-state index contributed by atoms with van der Waals surface area (Å²) < 4.78 is 17.5. The minimum atomic E-state index is -0.525. The molecular formula is C25H21N5O4. The van der Waals surface area contributed by atoms with Gasteiger partial charge in [0.05, 0.1) is 5.69 Å². The number of anilines is 1. The summed E-state index contributed by atoms with van der Waals surface area (Å²) in [6.45, 7) is 0.744. The number of hydrogen-bond donors (Lipinski definition) is 2. The molecule has 3 aromatic carbocycles. The maximum absolute atomic E-state index is 12.5. The Bertz CT molecular complexity index is 1270. The number of tetrazole rings is 1. The van der Waals surface area contributed by atoms with Crippen LogP contribution in [0.1, 0.15) is 23.1 Å². The number of rotatable bonds is 7. The zero-order valence-corrected chi connectivity index (χ0v) is 18.0. The number of nitrogens with one attached hydrogen (secondary N) is 2. The number of para-hydroxylation sites is 1. The van der Waals surface area contributed by atoms with Crippen molar-refractivity contribution in [3.63, 3.8) is 0 Å². The van der Waals surface area contributed by atoms with Gasteiger partial charge in [-0.15, -0.1) is 10.2 Å². The summed E-state index contributed by atoms with van der Waals surface area (Å²) in [7, 11) is 0. The number of amides is 1. The van der Waals surface area contributed by atoms with Crippen molar-refractivity contribution in [2.75, 3.05) is 11.9 Å². The molecule has 1 aliphatic rings. The van der Waals surface area contributed by atoms with E-state index in [4.69, 9.17) is 14.2 Å². The van der Waals surface area contributed by atoms with Crippen LogP contribution in [0.2, 0.25) is 0 Å². The SMILES string of the molecule is O=C(C=Cc1ccc(OCc2ccccc2)cc1)Nc1cccc2c1OC(c1nn[nH]n1)CO2. The van der Waals surface area contributed by atoms with Crippen LogP contribution in [0.15, 0.2) is 78.9 Å². The second kappa shape index (κ2) is 9.86. The highest BCUT2D eigenvalue weighted by Gasteiger charge is 2.28. The first-order chi connectivity index (χ1) is 16.7. The zero-order chi connectivity index (χ0) is 23.2. The largest absolute Gasteiger partial charge is 0.489 e. The molecule has 4 aromatic rings. The van der Waals surface area contributed by atoms with E-state index in [1.165, 1.54) is 6.08 Å². The molecule has 2 heterocycles. The van der Waals surface area contributed by atoms with Crippen molar-refractivity contribution in [3.8, 4) is 17.2 Å². The lowest BCUT2D eigenvalue weighted by atomic mass is 10.2. The normalized spacial score (nSPS) is 14.6. The van der Waals surface area contributed by atoms with Crippen LogP contribution in [0.25, 0.3) is 6.08 Å². The van der Waals surface area contributed by atoms with Crippen molar-refractivity contribution >= 4 is 17.7 Å². The number of aromatic nitrogens is 4. The second-order valence-electron chi connectivity index (χ2n) is 7.49. The molecule has 0 saturated carbocycles. The highest BCUT2D eigenvalue weighted by Crippen LogP contribution is 2.41. The summed E-state index contributed by atoms with van der Waals surface area (Å²) in [4.78, 5) is 12.5. The monoisotopic (exact) mass is 455 g/mol. The number of benzene rings is 3. The quantitative estimate of drug-likeness (QED) is 0.406. The van der Waals surface area contributed by atoms with E-state index in [1.807, 2.05) is 54.6 Å². The molecule has 0 saturated heterocycles. The first kappa shape index (κ1) is 21.2. The summed E-state index contributed by atoms with van der Waals surface area (Å²) in [5.74, 6) is 1.79. The lowest BCUT2D eigenvalue weighted by Gasteiger charge is -2.26. The van der Waals surface area contributed by atoms with Gasteiger partial charge in [0.2, 0.25) is 11.7 Å². The van der Waals surface area contributed by atoms with Crippen LogP contribution in [0.3, 0.4) is 0 Å². The molecule has 9 heteroatoms. The number of H-pyrrole nitrogens is 1. The Hall–Kier alpha value is -4.66. The minimum absolute atomic E-state index is 0.245. The Morgan fingerprint density at radius 1 is 1.09 bits per heavy atom. The topological polar surface area (TPSA) is 111 Å². The summed E-state index contributed by atoms with van der Waals surface area (Å²) in [5, 5.41) is 16.7. The van der Waals surface area contributed by atoms with Crippen molar-refractivity contribution in [1.82, 2.24) is 20.6 Å². The van der Waals surface area contributed by atoms with Crippen LogP contribution in [0.5, 0.6) is 17.2 Å². The predicted octanol–water partition coefficient (Wildman–Crippen LogP) is 3.94. The van der Waals surface area contributed by atoms with E-state index in [1.54, 1.807) is 24.3 Å². The van der Waals surface area contributed by atoms with Gasteiger partial charge in [-0.3, -0.25) is 4.79 Å². The third kappa shape index (κ3) is 5.04. The maximum Gasteiger partial charge on any atom is 0.248 e. The van der Waals surface area contributed by atoms with Crippen molar-refractivity contribution < 1.29 is 19.0 Å². The third-order valence-electron chi connectivity index (χ3n) is 5.09. The molecular weight excluding hydrogens is 434 g/mol. The van der Waals surface area contributed by atoms with Gasteiger partial charge in [-0.05, 0) is 41.5 Å². The number of hydrogen-bond acceptors (Lipinski definition) is 7. The smallest absolute Gasteiger partial charge is 0.248 e. The number of aromatic amines is 1. The van der Waals surface area contributed by atoms with Gasteiger partial charge >= 0.3 is 0 Å². The van der Waals surface area contributed by atoms with E-state index >= 15 is 0 Å². The van der Waals surface area contributed by atoms with Gasteiger partial charge in [0.1, 0.15) is 19.0 Å². The van der Waals surface area contributed by atoms with Crippen LogP contribution >= 0.6 is 0 Å². The fourth-order valence-corrected chi connectivity index (χ4v) is 3.39. The molecule has 0 spiro atoms. The second-order valence-corrected chi connectivity index (χ2v) is 7.49. The van der Waals surface area contributed by atoms with Gasteiger partial charge < -0.3 is 19.5 Å². The van der Waals surface area contributed by atoms with Crippen LogP contribution < -0.4 is 19.5 Å². The molecule has 1 atom stereocenters. The Balaban J connectivity index is 1.20. The molecule has 0 bridgehead atoms. The molecule has 0 radical (unpaired) electrons. The average molecular weight is 455 g/mol. The van der Waals surface area contributed by atoms with Crippen molar-refractivity contribution in [1.29, 1.82) is 0 Å². The first-order valence-corrected chi connectivity index (χ1v) is 10.7. The summed E-state index contributed by atoms with van der Waals surface area (Å²) >= 11 is 0.